The highest BCUT2D eigenvalue weighted by Gasteiger charge is 2.52. The Kier molecular flexibility index (Phi) is 3.80. The maximum atomic E-state index is 11.6. The van der Waals surface area contributed by atoms with Gasteiger partial charge >= 0.3 is 5.97 Å². The van der Waals surface area contributed by atoms with Gasteiger partial charge in [-0.15, -0.1) is 0 Å². The van der Waals surface area contributed by atoms with Gasteiger partial charge in [0.15, 0.2) is 0 Å². The van der Waals surface area contributed by atoms with E-state index in [1.54, 1.807) is 11.8 Å². The maximum Gasteiger partial charge on any atom is 0.325 e. The van der Waals surface area contributed by atoms with E-state index in [1.807, 2.05) is 0 Å². The van der Waals surface area contributed by atoms with Gasteiger partial charge in [0, 0.05) is 11.8 Å². The van der Waals surface area contributed by atoms with Gasteiger partial charge in [-0.1, -0.05) is 6.92 Å². The Bertz CT molecular complexity index is 264. The van der Waals surface area contributed by atoms with Gasteiger partial charge < -0.3 is 5.11 Å². The van der Waals surface area contributed by atoms with Crippen LogP contribution in [0.5, 0.6) is 0 Å². The van der Waals surface area contributed by atoms with Gasteiger partial charge in [0.25, 0.3) is 0 Å². The highest BCUT2D eigenvalue weighted by atomic mass is 32.2. The lowest BCUT2D eigenvalue weighted by molar-refractivity contribution is -0.145. The number of hydrogen-bond donors (Lipinski definition) is 2. The van der Waals surface area contributed by atoms with Crippen molar-refractivity contribution >= 4 is 17.7 Å². The molecule has 0 heterocycles. The summed E-state index contributed by atoms with van der Waals surface area (Å²) in [6.07, 6.45) is 5.59. The van der Waals surface area contributed by atoms with Crippen LogP contribution >= 0.6 is 11.8 Å². The third kappa shape index (κ3) is 2.72. The molecule has 0 aromatic heterocycles. The van der Waals surface area contributed by atoms with Gasteiger partial charge in [-0.05, 0) is 43.8 Å². The fourth-order valence-electron chi connectivity index (χ4n) is 2.12. The lowest BCUT2D eigenvalue weighted by Gasteiger charge is -2.30. The van der Waals surface area contributed by atoms with E-state index in [1.165, 1.54) is 0 Å². The lowest BCUT2D eigenvalue weighted by Crippen LogP contribution is -2.57. The van der Waals surface area contributed by atoms with E-state index < -0.39 is 11.5 Å². The van der Waals surface area contributed by atoms with Gasteiger partial charge in [0.2, 0.25) is 0 Å². The zero-order chi connectivity index (χ0) is 11.6. The van der Waals surface area contributed by atoms with Crippen molar-refractivity contribution in [1.29, 1.82) is 0 Å². The molecule has 2 aliphatic carbocycles. The van der Waals surface area contributed by atoms with Crippen molar-refractivity contribution in [1.82, 2.24) is 5.32 Å². The van der Waals surface area contributed by atoms with Crippen LogP contribution in [0, 0.1) is 5.92 Å². The van der Waals surface area contributed by atoms with E-state index in [0.29, 0.717) is 12.0 Å². The highest BCUT2D eigenvalue weighted by molar-refractivity contribution is 7.99. The molecule has 0 radical (unpaired) electrons. The normalized spacial score (nSPS) is 24.1. The topological polar surface area (TPSA) is 49.3 Å². The van der Waals surface area contributed by atoms with Crippen molar-refractivity contribution in [2.45, 2.75) is 50.6 Å². The first-order chi connectivity index (χ1) is 7.69. The Morgan fingerprint density at radius 2 is 2.12 bits per heavy atom. The summed E-state index contributed by atoms with van der Waals surface area (Å²) in [5.41, 5.74) is -0.624. The van der Waals surface area contributed by atoms with E-state index in [-0.39, 0.29) is 0 Å². The summed E-state index contributed by atoms with van der Waals surface area (Å²) in [7, 11) is 0. The Morgan fingerprint density at radius 3 is 2.56 bits per heavy atom. The first-order valence-corrected chi connectivity index (χ1v) is 7.43. The van der Waals surface area contributed by atoms with Crippen LogP contribution in [-0.2, 0) is 4.79 Å². The Labute approximate surface area is 101 Å². The molecule has 0 aliphatic heterocycles. The molecule has 92 valence electrons. The molecule has 2 fully saturated rings. The number of thioether (sulfide) groups is 1. The average molecular weight is 243 g/mol. The highest BCUT2D eigenvalue weighted by Crippen LogP contribution is 2.43. The van der Waals surface area contributed by atoms with Crippen LogP contribution in [-0.4, -0.2) is 34.2 Å². The summed E-state index contributed by atoms with van der Waals surface area (Å²) in [5.74, 6) is 1.53. The third-order valence-corrected chi connectivity index (χ3v) is 4.73. The number of carboxylic acid groups (broad SMARTS) is 1. The zero-order valence-electron chi connectivity index (χ0n) is 9.87. The number of nitrogens with one attached hydrogen (secondary N) is 1. The molecule has 0 aromatic rings. The summed E-state index contributed by atoms with van der Waals surface area (Å²) in [6, 6.07) is 0.471. The molecule has 0 bridgehead atoms. The van der Waals surface area contributed by atoms with Crippen LogP contribution in [0.3, 0.4) is 0 Å². The molecule has 4 heteroatoms. The van der Waals surface area contributed by atoms with Gasteiger partial charge in [-0.2, -0.15) is 11.8 Å². The number of hydrogen-bond acceptors (Lipinski definition) is 3. The van der Waals surface area contributed by atoms with E-state index in [4.69, 9.17) is 0 Å². The number of carboxylic acids is 1. The van der Waals surface area contributed by atoms with Crippen LogP contribution in [0.15, 0.2) is 0 Å². The van der Waals surface area contributed by atoms with Crippen molar-refractivity contribution in [2.24, 2.45) is 5.92 Å². The largest absolute Gasteiger partial charge is 0.480 e. The summed E-state index contributed by atoms with van der Waals surface area (Å²) >= 11 is 1.78. The summed E-state index contributed by atoms with van der Waals surface area (Å²) in [4.78, 5) is 11.6. The molecule has 0 aromatic carbocycles. The standard InChI is InChI=1S/C12H21NO2S/c1-2-7-16-8-12(11(14)15,9-3-4-9)13-10-5-6-10/h9-10,13H,2-8H2,1H3,(H,14,15). The number of aliphatic carboxylic acids is 1. The summed E-state index contributed by atoms with van der Waals surface area (Å²) in [5, 5.41) is 12.9. The molecule has 0 spiro atoms. The van der Waals surface area contributed by atoms with Gasteiger partial charge in [-0.25, -0.2) is 0 Å². The summed E-state index contributed by atoms with van der Waals surface area (Å²) in [6.45, 7) is 2.14. The lowest BCUT2D eigenvalue weighted by atomic mass is 9.95. The van der Waals surface area contributed by atoms with Crippen molar-refractivity contribution in [3.05, 3.63) is 0 Å². The molecule has 2 saturated carbocycles. The maximum absolute atomic E-state index is 11.6. The molecule has 2 rings (SSSR count). The smallest absolute Gasteiger partial charge is 0.325 e. The Hall–Kier alpha value is -0.220. The van der Waals surface area contributed by atoms with E-state index >= 15 is 0 Å². The van der Waals surface area contributed by atoms with E-state index in [9.17, 15) is 9.90 Å². The second-order valence-corrected chi connectivity index (χ2v) is 6.13. The van der Waals surface area contributed by atoms with Crippen LogP contribution < -0.4 is 5.32 Å². The number of carbonyl (C=O) groups is 1. The Morgan fingerprint density at radius 1 is 1.44 bits per heavy atom. The minimum absolute atomic E-state index is 0.370. The second-order valence-electron chi connectivity index (χ2n) is 5.02. The van der Waals surface area contributed by atoms with Gasteiger partial charge in [-0.3, -0.25) is 10.1 Å². The second kappa shape index (κ2) is 4.96. The molecule has 1 unspecified atom stereocenters. The first-order valence-electron chi connectivity index (χ1n) is 6.28. The quantitative estimate of drug-likeness (QED) is 0.641. The molecule has 0 saturated heterocycles. The monoisotopic (exact) mass is 243 g/mol. The molecule has 1 atom stereocenters. The van der Waals surface area contributed by atoms with Gasteiger partial charge in [0.05, 0.1) is 0 Å². The average Bonchev–Trinajstić information content (AvgIpc) is 3.10. The van der Waals surface area contributed by atoms with Gasteiger partial charge in [0.1, 0.15) is 5.54 Å². The molecule has 2 aliphatic rings. The molecular formula is C12H21NO2S. The molecule has 3 nitrogen and oxygen atoms in total. The van der Waals surface area contributed by atoms with Crippen LogP contribution in [0.25, 0.3) is 0 Å². The van der Waals surface area contributed by atoms with Crippen LogP contribution in [0.4, 0.5) is 0 Å². The van der Waals surface area contributed by atoms with E-state index in [0.717, 1.165) is 43.6 Å². The molecular weight excluding hydrogens is 222 g/mol. The van der Waals surface area contributed by atoms with Crippen molar-refractivity contribution in [3.8, 4) is 0 Å². The predicted molar refractivity (Wildman–Crippen MR) is 66.9 cm³/mol. The predicted octanol–water partition coefficient (Wildman–Crippen LogP) is 2.11. The minimum atomic E-state index is -0.634. The number of rotatable bonds is 8. The first kappa shape index (κ1) is 12.2. The molecule has 0 amide bonds. The van der Waals surface area contributed by atoms with E-state index in [2.05, 4.69) is 12.2 Å². The van der Waals surface area contributed by atoms with Crippen molar-refractivity contribution in [2.75, 3.05) is 11.5 Å². The van der Waals surface area contributed by atoms with Crippen LogP contribution in [0.2, 0.25) is 0 Å². The zero-order valence-corrected chi connectivity index (χ0v) is 10.7. The third-order valence-electron chi connectivity index (χ3n) is 3.37. The Balaban J connectivity index is 1.98. The molecule has 16 heavy (non-hydrogen) atoms. The fourth-order valence-corrected chi connectivity index (χ4v) is 3.32. The molecule has 2 N–H and O–H groups in total. The van der Waals surface area contributed by atoms with Crippen LogP contribution in [0.1, 0.15) is 39.0 Å². The fraction of sp³-hybridized carbons (Fsp3) is 0.917. The summed E-state index contributed by atoms with van der Waals surface area (Å²) < 4.78 is 0. The SMILES string of the molecule is CCCSCC(NC1CC1)(C(=O)O)C1CC1. The van der Waals surface area contributed by atoms with Crippen molar-refractivity contribution in [3.63, 3.8) is 0 Å². The van der Waals surface area contributed by atoms with Crippen molar-refractivity contribution < 1.29 is 9.90 Å². The minimum Gasteiger partial charge on any atom is -0.480 e.